The highest BCUT2D eigenvalue weighted by Crippen LogP contribution is 2.29. The van der Waals surface area contributed by atoms with Gasteiger partial charge in [0, 0.05) is 6.92 Å². The molecule has 21 heavy (non-hydrogen) atoms. The van der Waals surface area contributed by atoms with Crippen molar-refractivity contribution in [3.05, 3.63) is 23.8 Å². The zero-order chi connectivity index (χ0) is 16.0. The van der Waals surface area contributed by atoms with Gasteiger partial charge >= 0.3 is 5.97 Å². The van der Waals surface area contributed by atoms with Gasteiger partial charge in [-0.2, -0.15) is 0 Å². The van der Waals surface area contributed by atoms with Crippen LogP contribution in [0.5, 0.6) is 0 Å². The van der Waals surface area contributed by atoms with E-state index in [-0.39, 0.29) is 17.8 Å². The van der Waals surface area contributed by atoms with Gasteiger partial charge in [0.2, 0.25) is 0 Å². The SMILES string of the molecule is C=C1CC/C=C(/COC(C)=O)CC[C@@H](C(C)C)[C@@H](O)[C@@H]1O. The number of carbonyl (C=O) groups excluding carboxylic acids is 1. The van der Waals surface area contributed by atoms with E-state index in [1.807, 2.05) is 13.8 Å². The maximum absolute atomic E-state index is 10.9. The van der Waals surface area contributed by atoms with E-state index in [4.69, 9.17) is 4.74 Å². The van der Waals surface area contributed by atoms with Gasteiger partial charge in [-0.15, -0.1) is 0 Å². The molecule has 3 atom stereocenters. The molecule has 0 amide bonds. The molecule has 0 aromatic carbocycles. The molecule has 4 nitrogen and oxygen atoms in total. The molecular weight excluding hydrogens is 268 g/mol. The molecule has 0 spiro atoms. The van der Waals surface area contributed by atoms with Gasteiger partial charge in [-0.3, -0.25) is 4.79 Å². The number of allylic oxidation sites excluding steroid dienone is 1. The lowest BCUT2D eigenvalue weighted by molar-refractivity contribution is -0.140. The highest BCUT2D eigenvalue weighted by atomic mass is 16.5. The molecule has 1 aliphatic carbocycles. The topological polar surface area (TPSA) is 66.8 Å². The minimum Gasteiger partial charge on any atom is -0.461 e. The third kappa shape index (κ3) is 5.64. The summed E-state index contributed by atoms with van der Waals surface area (Å²) in [6.07, 6.45) is 3.32. The van der Waals surface area contributed by atoms with Crippen molar-refractivity contribution in [3.63, 3.8) is 0 Å². The van der Waals surface area contributed by atoms with Crippen LogP contribution in [-0.4, -0.2) is 35.0 Å². The summed E-state index contributed by atoms with van der Waals surface area (Å²) in [5.41, 5.74) is 1.74. The van der Waals surface area contributed by atoms with Crippen LogP contribution in [0.15, 0.2) is 23.8 Å². The van der Waals surface area contributed by atoms with Crippen LogP contribution in [-0.2, 0) is 9.53 Å². The summed E-state index contributed by atoms with van der Waals surface area (Å²) in [4.78, 5) is 10.9. The molecule has 0 aliphatic heterocycles. The predicted octanol–water partition coefficient (Wildman–Crippen LogP) is 2.60. The average molecular weight is 296 g/mol. The fourth-order valence-corrected chi connectivity index (χ4v) is 2.76. The second-order valence-electron chi connectivity index (χ2n) is 6.22. The van der Waals surface area contributed by atoms with Gasteiger partial charge in [0.1, 0.15) is 12.7 Å². The minimum atomic E-state index is -0.860. The standard InChI is InChI=1S/C17H28O4/c1-11(2)15-9-8-14(10-21-13(4)18)7-5-6-12(3)16(19)17(15)20/h7,11,15-17,19-20H,3,5-6,8-10H2,1-2,4H3/b14-7+/t15-,16+,17+/m0/s1. The molecular formula is C17H28O4. The molecule has 0 aromatic rings. The van der Waals surface area contributed by atoms with E-state index in [1.54, 1.807) is 0 Å². The number of carbonyl (C=O) groups is 1. The third-order valence-electron chi connectivity index (χ3n) is 4.19. The van der Waals surface area contributed by atoms with E-state index in [9.17, 15) is 15.0 Å². The molecule has 4 heteroatoms. The summed E-state index contributed by atoms with van der Waals surface area (Å²) in [6.45, 7) is 9.69. The molecule has 0 saturated carbocycles. The van der Waals surface area contributed by atoms with E-state index >= 15 is 0 Å². The second kappa shape index (κ2) is 8.35. The Morgan fingerprint density at radius 2 is 2.10 bits per heavy atom. The first-order valence-electron chi connectivity index (χ1n) is 7.68. The van der Waals surface area contributed by atoms with Gasteiger partial charge in [-0.1, -0.05) is 26.5 Å². The minimum absolute atomic E-state index is 0.00409. The highest BCUT2D eigenvalue weighted by Gasteiger charge is 2.30. The molecule has 0 radical (unpaired) electrons. The van der Waals surface area contributed by atoms with Crippen molar-refractivity contribution >= 4 is 5.97 Å². The van der Waals surface area contributed by atoms with Gasteiger partial charge in [0.15, 0.2) is 0 Å². The van der Waals surface area contributed by atoms with Crippen molar-refractivity contribution in [1.82, 2.24) is 0 Å². The van der Waals surface area contributed by atoms with E-state index in [0.29, 0.717) is 18.6 Å². The van der Waals surface area contributed by atoms with Gasteiger partial charge in [-0.05, 0) is 48.7 Å². The Bertz CT molecular complexity index is 398. The zero-order valence-electron chi connectivity index (χ0n) is 13.3. The third-order valence-corrected chi connectivity index (χ3v) is 4.19. The van der Waals surface area contributed by atoms with Crippen LogP contribution in [0.1, 0.15) is 46.5 Å². The maximum Gasteiger partial charge on any atom is 0.302 e. The Labute approximate surface area is 127 Å². The van der Waals surface area contributed by atoms with E-state index in [2.05, 4.69) is 12.7 Å². The van der Waals surface area contributed by atoms with Crippen LogP contribution < -0.4 is 0 Å². The van der Waals surface area contributed by atoms with Crippen molar-refractivity contribution in [2.45, 2.75) is 58.7 Å². The van der Waals surface area contributed by atoms with E-state index < -0.39 is 12.2 Å². The Morgan fingerprint density at radius 3 is 2.67 bits per heavy atom. The van der Waals surface area contributed by atoms with Crippen LogP contribution >= 0.6 is 0 Å². The Kier molecular flexibility index (Phi) is 7.12. The first kappa shape index (κ1) is 17.9. The van der Waals surface area contributed by atoms with Crippen LogP contribution in [0.25, 0.3) is 0 Å². The summed E-state index contributed by atoms with van der Waals surface area (Å²) in [7, 11) is 0. The van der Waals surface area contributed by atoms with Crippen molar-refractivity contribution < 1.29 is 19.7 Å². The fourth-order valence-electron chi connectivity index (χ4n) is 2.76. The number of rotatable bonds is 3. The Morgan fingerprint density at radius 1 is 1.43 bits per heavy atom. The molecule has 2 N–H and O–H groups in total. The van der Waals surface area contributed by atoms with Gasteiger partial charge in [0.05, 0.1) is 6.10 Å². The van der Waals surface area contributed by atoms with Crippen LogP contribution in [0.4, 0.5) is 0 Å². The molecule has 0 fully saturated rings. The van der Waals surface area contributed by atoms with Gasteiger partial charge in [-0.25, -0.2) is 0 Å². The number of aliphatic hydroxyl groups is 2. The molecule has 0 heterocycles. The largest absolute Gasteiger partial charge is 0.461 e. The molecule has 0 bridgehead atoms. The number of hydrogen-bond acceptors (Lipinski definition) is 4. The van der Waals surface area contributed by atoms with Crippen molar-refractivity contribution in [3.8, 4) is 0 Å². The summed E-state index contributed by atoms with van der Waals surface area (Å²) >= 11 is 0. The predicted molar refractivity (Wildman–Crippen MR) is 82.7 cm³/mol. The monoisotopic (exact) mass is 296 g/mol. The summed E-state index contributed by atoms with van der Waals surface area (Å²) in [6, 6.07) is 0. The summed E-state index contributed by atoms with van der Waals surface area (Å²) in [5.74, 6) is -0.0271. The van der Waals surface area contributed by atoms with Gasteiger partial charge < -0.3 is 14.9 Å². The van der Waals surface area contributed by atoms with Crippen LogP contribution in [0.3, 0.4) is 0 Å². The number of ether oxygens (including phenoxy) is 1. The van der Waals surface area contributed by atoms with Crippen LogP contribution in [0.2, 0.25) is 0 Å². The summed E-state index contributed by atoms with van der Waals surface area (Å²) < 4.78 is 5.08. The van der Waals surface area contributed by atoms with Gasteiger partial charge in [0.25, 0.3) is 0 Å². The molecule has 0 aromatic heterocycles. The fraction of sp³-hybridized carbons (Fsp3) is 0.706. The highest BCUT2D eigenvalue weighted by molar-refractivity contribution is 5.66. The second-order valence-corrected chi connectivity index (χ2v) is 6.22. The number of aliphatic hydroxyl groups excluding tert-OH is 2. The first-order valence-corrected chi connectivity index (χ1v) is 7.68. The smallest absolute Gasteiger partial charge is 0.302 e. The molecule has 0 saturated heterocycles. The number of esters is 1. The molecule has 1 aliphatic rings. The molecule has 1 rings (SSSR count). The van der Waals surface area contributed by atoms with Crippen molar-refractivity contribution in [2.75, 3.05) is 6.61 Å². The maximum atomic E-state index is 10.9. The Hall–Kier alpha value is -1.13. The zero-order valence-corrected chi connectivity index (χ0v) is 13.3. The quantitative estimate of drug-likeness (QED) is 0.620. The van der Waals surface area contributed by atoms with Crippen LogP contribution in [0, 0.1) is 11.8 Å². The van der Waals surface area contributed by atoms with Crippen molar-refractivity contribution in [2.24, 2.45) is 11.8 Å². The lowest BCUT2D eigenvalue weighted by Gasteiger charge is -2.31. The normalized spacial score (nSPS) is 30.7. The lowest BCUT2D eigenvalue weighted by atomic mass is 9.80. The Balaban J connectivity index is 2.84. The molecule has 120 valence electrons. The average Bonchev–Trinajstić information content (AvgIpc) is 2.41. The number of hydrogen-bond donors (Lipinski definition) is 2. The molecule has 0 unspecified atom stereocenters. The van der Waals surface area contributed by atoms with Crippen molar-refractivity contribution in [1.29, 1.82) is 0 Å². The lowest BCUT2D eigenvalue weighted by Crippen LogP contribution is -2.37. The first-order chi connectivity index (χ1) is 9.82. The summed E-state index contributed by atoms with van der Waals surface area (Å²) in [5, 5.41) is 20.6. The van der Waals surface area contributed by atoms with E-state index in [1.165, 1.54) is 6.92 Å². The van der Waals surface area contributed by atoms with E-state index in [0.717, 1.165) is 24.8 Å².